The number of fused-ring (bicyclic) bond motifs is 6. The molecule has 134 valence electrons. The molecule has 0 fully saturated rings. The molecule has 0 aromatic heterocycles. The number of ether oxygens (including phenoxy) is 3. The topological polar surface area (TPSA) is 88.4 Å². The van der Waals surface area contributed by atoms with Crippen LogP contribution in [0.15, 0.2) is 36.1 Å². The van der Waals surface area contributed by atoms with Crippen LogP contribution in [0.2, 0.25) is 0 Å². The van der Waals surface area contributed by atoms with Crippen LogP contribution in [0.1, 0.15) is 36.6 Å². The molecule has 2 aromatic carbocycles. The summed E-state index contributed by atoms with van der Waals surface area (Å²) in [5, 5.41) is 31.1. The molecule has 0 saturated carbocycles. The van der Waals surface area contributed by atoms with Crippen molar-refractivity contribution in [3.05, 3.63) is 52.8 Å². The first-order valence-corrected chi connectivity index (χ1v) is 8.41. The van der Waals surface area contributed by atoms with Crippen molar-refractivity contribution < 1.29 is 29.5 Å². The van der Waals surface area contributed by atoms with Gasteiger partial charge >= 0.3 is 0 Å². The molecular formula is C20H18O6. The van der Waals surface area contributed by atoms with Crippen LogP contribution in [0.3, 0.4) is 0 Å². The summed E-state index contributed by atoms with van der Waals surface area (Å²) in [7, 11) is 0. The summed E-state index contributed by atoms with van der Waals surface area (Å²) in [5.41, 5.74) is -0.213. The molecule has 26 heavy (non-hydrogen) atoms. The van der Waals surface area contributed by atoms with Gasteiger partial charge in [0.1, 0.15) is 35.4 Å². The van der Waals surface area contributed by atoms with Gasteiger partial charge in [-0.1, -0.05) is 0 Å². The van der Waals surface area contributed by atoms with Gasteiger partial charge in [-0.3, -0.25) is 0 Å². The normalized spacial score (nSPS) is 26.9. The molecule has 0 saturated heterocycles. The first kappa shape index (κ1) is 15.4. The van der Waals surface area contributed by atoms with Crippen LogP contribution in [-0.2, 0) is 5.60 Å². The standard InChI is InChI=1S/C20H18O6/c1-19(2)17(22)6-10-5-12-15(8-14(10)26-19)24-9-20(23)13-4-3-11(21)7-16(13)25-18(12)20/h3-8,18,21-23H,9H2,1-2H3/t18-,20+/m0/s1. The van der Waals surface area contributed by atoms with Gasteiger partial charge in [0, 0.05) is 28.8 Å². The van der Waals surface area contributed by atoms with E-state index in [9.17, 15) is 15.3 Å². The predicted molar refractivity (Wildman–Crippen MR) is 92.6 cm³/mol. The zero-order valence-corrected chi connectivity index (χ0v) is 14.3. The van der Waals surface area contributed by atoms with Crippen molar-refractivity contribution in [1.29, 1.82) is 0 Å². The number of benzene rings is 2. The van der Waals surface area contributed by atoms with Crippen LogP contribution in [0, 0.1) is 0 Å². The van der Waals surface area contributed by atoms with Gasteiger partial charge in [0.05, 0.1) is 0 Å². The Balaban J connectivity index is 1.64. The van der Waals surface area contributed by atoms with Crippen LogP contribution in [0.5, 0.6) is 23.0 Å². The second-order valence-corrected chi connectivity index (χ2v) is 7.46. The van der Waals surface area contributed by atoms with Gasteiger partial charge in [0.2, 0.25) is 0 Å². The third-order valence-corrected chi connectivity index (χ3v) is 5.26. The van der Waals surface area contributed by atoms with E-state index in [0.717, 1.165) is 0 Å². The van der Waals surface area contributed by atoms with E-state index in [2.05, 4.69) is 0 Å². The number of hydrogen-bond donors (Lipinski definition) is 3. The van der Waals surface area contributed by atoms with Crippen molar-refractivity contribution in [1.82, 2.24) is 0 Å². The summed E-state index contributed by atoms with van der Waals surface area (Å²) in [6.07, 6.45) is 0.986. The molecule has 3 aliphatic rings. The smallest absolute Gasteiger partial charge is 0.168 e. The average molecular weight is 354 g/mol. The maximum atomic E-state index is 11.2. The molecular weight excluding hydrogens is 336 g/mol. The zero-order valence-electron chi connectivity index (χ0n) is 14.3. The number of phenolic OH excluding ortho intramolecular Hbond substituents is 1. The largest absolute Gasteiger partial charge is 0.508 e. The van der Waals surface area contributed by atoms with E-state index < -0.39 is 17.3 Å². The molecule has 6 nitrogen and oxygen atoms in total. The number of aliphatic hydroxyl groups excluding tert-OH is 1. The molecule has 0 bridgehead atoms. The fourth-order valence-electron chi connectivity index (χ4n) is 3.77. The lowest BCUT2D eigenvalue weighted by molar-refractivity contribution is -0.0865. The van der Waals surface area contributed by atoms with Gasteiger partial charge in [-0.15, -0.1) is 0 Å². The Kier molecular flexibility index (Phi) is 2.75. The number of aromatic hydroxyl groups is 1. The van der Waals surface area contributed by atoms with Gasteiger partial charge in [-0.25, -0.2) is 0 Å². The molecule has 0 amide bonds. The highest BCUT2D eigenvalue weighted by Gasteiger charge is 2.53. The lowest BCUT2D eigenvalue weighted by Crippen LogP contribution is -2.41. The molecule has 6 heteroatoms. The Morgan fingerprint density at radius 3 is 2.65 bits per heavy atom. The van der Waals surface area contributed by atoms with E-state index in [4.69, 9.17) is 14.2 Å². The number of rotatable bonds is 0. The predicted octanol–water partition coefficient (Wildman–Crippen LogP) is 3.18. The Labute approximate surface area is 149 Å². The lowest BCUT2D eigenvalue weighted by Gasteiger charge is -2.37. The van der Waals surface area contributed by atoms with E-state index in [1.807, 2.05) is 0 Å². The Hall–Kier alpha value is -2.86. The van der Waals surface area contributed by atoms with E-state index in [1.54, 1.807) is 38.1 Å². The molecule has 0 radical (unpaired) electrons. The molecule has 3 N–H and O–H groups in total. The molecule has 2 aromatic rings. The fraction of sp³-hybridized carbons (Fsp3) is 0.300. The van der Waals surface area contributed by atoms with Crippen molar-refractivity contribution in [2.45, 2.75) is 31.2 Å². The first-order chi connectivity index (χ1) is 12.3. The Morgan fingerprint density at radius 1 is 1.04 bits per heavy atom. The zero-order chi connectivity index (χ0) is 18.3. The van der Waals surface area contributed by atoms with Crippen LogP contribution >= 0.6 is 0 Å². The van der Waals surface area contributed by atoms with E-state index in [-0.39, 0.29) is 18.1 Å². The van der Waals surface area contributed by atoms with Crippen molar-refractivity contribution in [2.24, 2.45) is 0 Å². The fourth-order valence-corrected chi connectivity index (χ4v) is 3.77. The number of aliphatic hydroxyl groups is 2. The highest BCUT2D eigenvalue weighted by atomic mass is 16.5. The Bertz CT molecular complexity index is 977. The van der Waals surface area contributed by atoms with Gasteiger partial charge in [0.15, 0.2) is 17.3 Å². The summed E-state index contributed by atoms with van der Waals surface area (Å²) < 4.78 is 17.7. The summed E-state index contributed by atoms with van der Waals surface area (Å²) in [6, 6.07) is 8.22. The molecule has 5 rings (SSSR count). The molecule has 3 heterocycles. The highest BCUT2D eigenvalue weighted by molar-refractivity contribution is 5.67. The van der Waals surface area contributed by atoms with E-state index in [0.29, 0.717) is 33.9 Å². The first-order valence-electron chi connectivity index (χ1n) is 8.41. The van der Waals surface area contributed by atoms with E-state index >= 15 is 0 Å². The minimum absolute atomic E-state index is 0.0334. The molecule has 2 atom stereocenters. The van der Waals surface area contributed by atoms with Crippen molar-refractivity contribution in [3.63, 3.8) is 0 Å². The van der Waals surface area contributed by atoms with Gasteiger partial charge in [0.25, 0.3) is 0 Å². The van der Waals surface area contributed by atoms with Gasteiger partial charge < -0.3 is 29.5 Å². The summed E-state index contributed by atoms with van der Waals surface area (Å²) >= 11 is 0. The summed E-state index contributed by atoms with van der Waals surface area (Å²) in [5.74, 6) is 1.80. The highest BCUT2D eigenvalue weighted by Crippen LogP contribution is 2.55. The third-order valence-electron chi connectivity index (χ3n) is 5.26. The molecule has 0 unspecified atom stereocenters. The Morgan fingerprint density at radius 2 is 1.85 bits per heavy atom. The molecule has 3 aliphatic heterocycles. The third kappa shape index (κ3) is 1.90. The van der Waals surface area contributed by atoms with Crippen molar-refractivity contribution in [2.75, 3.05) is 6.61 Å². The SMILES string of the molecule is CC1(C)Oc2cc3c(cc2C=C1O)[C@@H]1Oc2cc(O)ccc2[C@]1(O)CO3. The van der Waals surface area contributed by atoms with Crippen LogP contribution in [-0.4, -0.2) is 27.5 Å². The number of hydrogen-bond acceptors (Lipinski definition) is 6. The minimum Gasteiger partial charge on any atom is -0.508 e. The quantitative estimate of drug-likeness (QED) is 0.673. The van der Waals surface area contributed by atoms with Gasteiger partial charge in [-0.05, 0) is 38.1 Å². The molecule has 0 spiro atoms. The van der Waals surface area contributed by atoms with Crippen LogP contribution < -0.4 is 14.2 Å². The minimum atomic E-state index is -1.34. The second kappa shape index (κ2) is 4.65. The van der Waals surface area contributed by atoms with E-state index in [1.165, 1.54) is 12.1 Å². The van der Waals surface area contributed by atoms with Gasteiger partial charge in [-0.2, -0.15) is 0 Å². The van der Waals surface area contributed by atoms with Crippen LogP contribution in [0.4, 0.5) is 0 Å². The monoisotopic (exact) mass is 354 g/mol. The van der Waals surface area contributed by atoms with Crippen molar-refractivity contribution >= 4 is 6.08 Å². The maximum absolute atomic E-state index is 11.2. The van der Waals surface area contributed by atoms with Crippen LogP contribution in [0.25, 0.3) is 6.08 Å². The lowest BCUT2D eigenvalue weighted by atomic mass is 9.84. The maximum Gasteiger partial charge on any atom is 0.168 e. The average Bonchev–Trinajstić information content (AvgIpc) is 2.86. The second-order valence-electron chi connectivity index (χ2n) is 7.46. The van der Waals surface area contributed by atoms with Crippen molar-refractivity contribution in [3.8, 4) is 23.0 Å². The number of phenols is 1. The molecule has 0 aliphatic carbocycles. The summed E-state index contributed by atoms with van der Waals surface area (Å²) in [6.45, 7) is 3.60. The summed E-state index contributed by atoms with van der Waals surface area (Å²) in [4.78, 5) is 0.